The Morgan fingerprint density at radius 3 is 2.32 bits per heavy atom. The van der Waals surface area contributed by atoms with E-state index < -0.39 is 6.04 Å². The van der Waals surface area contributed by atoms with Gasteiger partial charge in [0, 0.05) is 24.5 Å². The van der Waals surface area contributed by atoms with Crippen LogP contribution in [0.5, 0.6) is 0 Å². The highest BCUT2D eigenvalue weighted by Gasteiger charge is 2.26. The lowest BCUT2D eigenvalue weighted by molar-refractivity contribution is -0.140. The van der Waals surface area contributed by atoms with Crippen molar-refractivity contribution in [3.05, 3.63) is 70.2 Å². The summed E-state index contributed by atoms with van der Waals surface area (Å²) in [6, 6.07) is 15.3. The average Bonchev–Trinajstić information content (AvgIpc) is 2.76. The van der Waals surface area contributed by atoms with E-state index in [1.807, 2.05) is 24.3 Å². The molecular weight excluding hydrogens is 408 g/mol. The molecule has 0 aliphatic heterocycles. The van der Waals surface area contributed by atoms with Crippen molar-refractivity contribution in [3.63, 3.8) is 0 Å². The van der Waals surface area contributed by atoms with Crippen LogP contribution < -0.4 is 5.32 Å². The molecule has 1 atom stereocenters. The minimum absolute atomic E-state index is 0.0500. The van der Waals surface area contributed by atoms with Crippen LogP contribution in [0.3, 0.4) is 0 Å². The van der Waals surface area contributed by atoms with E-state index in [-0.39, 0.29) is 11.8 Å². The number of aryl methyl sites for hydroxylation is 1. The number of unbranched alkanes of at least 4 members (excludes halogenated alkanes) is 1. The third-order valence-electron chi connectivity index (χ3n) is 5.57. The highest BCUT2D eigenvalue weighted by molar-refractivity contribution is 6.31. The normalized spacial score (nSPS) is 11.9. The van der Waals surface area contributed by atoms with Crippen LogP contribution in [0.4, 0.5) is 0 Å². The van der Waals surface area contributed by atoms with Crippen LogP contribution in [0.2, 0.25) is 5.02 Å². The molecule has 0 aromatic heterocycles. The van der Waals surface area contributed by atoms with E-state index in [0.29, 0.717) is 36.9 Å². The summed E-state index contributed by atoms with van der Waals surface area (Å²) in [5, 5.41) is 3.54. The van der Waals surface area contributed by atoms with Crippen LogP contribution in [0, 0.1) is 0 Å². The van der Waals surface area contributed by atoms with Crippen molar-refractivity contribution in [2.45, 2.75) is 71.9 Å². The molecule has 168 valence electrons. The number of hydrogen-bond acceptors (Lipinski definition) is 2. The Balaban J connectivity index is 2.11. The lowest BCUT2D eigenvalue weighted by Gasteiger charge is -2.29. The van der Waals surface area contributed by atoms with E-state index in [2.05, 4.69) is 50.4 Å². The summed E-state index contributed by atoms with van der Waals surface area (Å²) in [5.74, 6) is 0.301. The molecule has 2 aromatic rings. The van der Waals surface area contributed by atoms with Gasteiger partial charge in [0.1, 0.15) is 6.04 Å². The van der Waals surface area contributed by atoms with E-state index in [9.17, 15) is 9.59 Å². The molecule has 1 N–H and O–H groups in total. The Bertz CT molecular complexity index is 849. The Hall–Kier alpha value is -2.33. The molecule has 2 rings (SSSR count). The van der Waals surface area contributed by atoms with Crippen molar-refractivity contribution in [3.8, 4) is 0 Å². The minimum Gasteiger partial charge on any atom is -0.354 e. The fraction of sp³-hybridized carbons (Fsp3) is 0.462. The molecule has 0 fully saturated rings. The van der Waals surface area contributed by atoms with Gasteiger partial charge < -0.3 is 10.2 Å². The molecule has 2 aromatic carbocycles. The second-order valence-corrected chi connectivity index (χ2v) is 8.74. The van der Waals surface area contributed by atoms with Gasteiger partial charge in [0.15, 0.2) is 0 Å². The topological polar surface area (TPSA) is 49.4 Å². The zero-order valence-electron chi connectivity index (χ0n) is 19.2. The van der Waals surface area contributed by atoms with E-state index >= 15 is 0 Å². The summed E-state index contributed by atoms with van der Waals surface area (Å²) in [6.45, 7) is 9.13. The van der Waals surface area contributed by atoms with Crippen LogP contribution in [0.1, 0.15) is 69.6 Å². The van der Waals surface area contributed by atoms with E-state index in [1.54, 1.807) is 11.8 Å². The number of rotatable bonds is 11. The predicted octanol–water partition coefficient (Wildman–Crippen LogP) is 5.73. The number of nitrogens with zero attached hydrogens (tertiary/aromatic N) is 1. The van der Waals surface area contributed by atoms with Crippen molar-refractivity contribution in [2.75, 3.05) is 6.54 Å². The van der Waals surface area contributed by atoms with Gasteiger partial charge in [0.05, 0.1) is 0 Å². The summed E-state index contributed by atoms with van der Waals surface area (Å²) >= 11 is 6.33. The summed E-state index contributed by atoms with van der Waals surface area (Å²) < 4.78 is 0. The molecule has 0 bridgehead atoms. The Labute approximate surface area is 192 Å². The Morgan fingerprint density at radius 2 is 1.71 bits per heavy atom. The highest BCUT2D eigenvalue weighted by Crippen LogP contribution is 2.20. The molecule has 0 saturated carbocycles. The van der Waals surface area contributed by atoms with Crippen LogP contribution in [0.15, 0.2) is 48.5 Å². The number of carbonyl (C=O) groups excluding carboxylic acids is 2. The summed E-state index contributed by atoms with van der Waals surface area (Å²) in [4.78, 5) is 27.5. The quantitative estimate of drug-likeness (QED) is 0.452. The number of amides is 2. The molecule has 0 aliphatic carbocycles. The van der Waals surface area contributed by atoms with Gasteiger partial charge in [-0.1, -0.05) is 81.3 Å². The van der Waals surface area contributed by atoms with E-state index in [0.717, 1.165) is 24.0 Å². The molecule has 31 heavy (non-hydrogen) atoms. The van der Waals surface area contributed by atoms with Crippen LogP contribution in [0.25, 0.3) is 0 Å². The second-order valence-electron chi connectivity index (χ2n) is 8.33. The largest absolute Gasteiger partial charge is 0.354 e. The van der Waals surface area contributed by atoms with Gasteiger partial charge in [-0.15, -0.1) is 0 Å². The second kappa shape index (κ2) is 12.5. The number of benzene rings is 2. The minimum atomic E-state index is -0.566. The third-order valence-corrected chi connectivity index (χ3v) is 5.94. The molecule has 1 unspecified atom stereocenters. The van der Waals surface area contributed by atoms with Crippen LogP contribution in [-0.4, -0.2) is 29.3 Å². The van der Waals surface area contributed by atoms with Gasteiger partial charge in [-0.05, 0) is 48.4 Å². The van der Waals surface area contributed by atoms with Gasteiger partial charge in [-0.3, -0.25) is 9.59 Å². The molecule has 0 radical (unpaired) electrons. The van der Waals surface area contributed by atoms with Crippen molar-refractivity contribution >= 4 is 23.4 Å². The van der Waals surface area contributed by atoms with Gasteiger partial charge in [-0.2, -0.15) is 0 Å². The molecule has 0 heterocycles. The molecule has 0 saturated heterocycles. The van der Waals surface area contributed by atoms with E-state index in [1.165, 1.54) is 5.56 Å². The number of nitrogens with one attached hydrogen (secondary N) is 1. The third kappa shape index (κ3) is 7.70. The van der Waals surface area contributed by atoms with Gasteiger partial charge >= 0.3 is 0 Å². The maximum Gasteiger partial charge on any atom is 0.242 e. The van der Waals surface area contributed by atoms with Gasteiger partial charge in [0.2, 0.25) is 11.8 Å². The van der Waals surface area contributed by atoms with Crippen LogP contribution in [-0.2, 0) is 22.6 Å². The molecule has 4 nitrogen and oxygen atoms in total. The van der Waals surface area contributed by atoms with E-state index in [4.69, 9.17) is 11.6 Å². The van der Waals surface area contributed by atoms with Crippen molar-refractivity contribution in [1.29, 1.82) is 0 Å². The first-order valence-corrected chi connectivity index (χ1v) is 11.6. The highest BCUT2D eigenvalue weighted by atomic mass is 35.5. The maximum absolute atomic E-state index is 13.2. The Morgan fingerprint density at radius 1 is 1.03 bits per heavy atom. The monoisotopic (exact) mass is 442 g/mol. The molecule has 0 spiro atoms. The van der Waals surface area contributed by atoms with Gasteiger partial charge in [0.25, 0.3) is 0 Å². The molecule has 5 heteroatoms. The summed E-state index contributed by atoms with van der Waals surface area (Å²) in [6.07, 6.45) is 2.91. The average molecular weight is 443 g/mol. The predicted molar refractivity (Wildman–Crippen MR) is 128 cm³/mol. The molecule has 0 aliphatic rings. The first-order chi connectivity index (χ1) is 14.8. The summed E-state index contributed by atoms with van der Waals surface area (Å²) in [7, 11) is 0. The Kier molecular flexibility index (Phi) is 10.1. The number of carbonyl (C=O) groups is 2. The maximum atomic E-state index is 13.2. The fourth-order valence-electron chi connectivity index (χ4n) is 3.39. The van der Waals surface area contributed by atoms with Gasteiger partial charge in [-0.25, -0.2) is 0 Å². The van der Waals surface area contributed by atoms with Crippen molar-refractivity contribution in [2.24, 2.45) is 0 Å². The van der Waals surface area contributed by atoms with Crippen molar-refractivity contribution in [1.82, 2.24) is 10.2 Å². The standard InChI is InChI=1S/C26H35ClN2O2/c1-5-6-17-28-26(31)20(4)29(18-23-9-7-8-10-24(23)27)25(30)16-13-21-11-14-22(15-12-21)19(2)3/h7-12,14-15,19-20H,5-6,13,16-18H2,1-4H3,(H,28,31). The number of hydrogen-bond donors (Lipinski definition) is 1. The fourth-order valence-corrected chi connectivity index (χ4v) is 3.59. The molecular formula is C26H35ClN2O2. The lowest BCUT2D eigenvalue weighted by Crippen LogP contribution is -2.47. The zero-order chi connectivity index (χ0) is 22.8. The zero-order valence-corrected chi connectivity index (χ0v) is 19.9. The van der Waals surface area contributed by atoms with Crippen molar-refractivity contribution < 1.29 is 9.59 Å². The first-order valence-electron chi connectivity index (χ1n) is 11.2. The molecule has 2 amide bonds. The smallest absolute Gasteiger partial charge is 0.242 e. The lowest BCUT2D eigenvalue weighted by atomic mass is 10.00. The first kappa shape index (κ1) is 24.9. The summed E-state index contributed by atoms with van der Waals surface area (Å²) in [5.41, 5.74) is 3.25. The SMILES string of the molecule is CCCCNC(=O)C(C)N(Cc1ccccc1Cl)C(=O)CCc1ccc(C(C)C)cc1. The number of halogens is 1. The van der Waals surface area contributed by atoms with Crippen LogP contribution >= 0.6 is 11.6 Å².